The van der Waals surface area contributed by atoms with Crippen molar-refractivity contribution >= 4 is 0 Å². The zero-order valence-corrected chi connectivity index (χ0v) is 6.06. The van der Waals surface area contributed by atoms with Crippen molar-refractivity contribution < 1.29 is 10.2 Å². The summed E-state index contributed by atoms with van der Waals surface area (Å²) in [5, 5.41) is 21.8. The van der Waals surface area contributed by atoms with Gasteiger partial charge in [-0.3, -0.25) is 4.68 Å². The third kappa shape index (κ3) is 0.948. The highest BCUT2D eigenvalue weighted by molar-refractivity contribution is 5.20. The molecule has 1 aliphatic heterocycles. The number of aryl methyl sites for hydroxylation is 1. The van der Waals surface area contributed by atoms with Crippen molar-refractivity contribution in [3.05, 3.63) is 17.5 Å². The number of aliphatic hydroxyl groups is 2. The number of fused-ring (bicyclic) bond motifs is 1. The van der Waals surface area contributed by atoms with E-state index in [4.69, 9.17) is 10.2 Å². The number of hydrogen-bond donors (Lipinski definition) is 2. The van der Waals surface area contributed by atoms with Crippen molar-refractivity contribution in [1.29, 1.82) is 0 Å². The molecule has 2 N–H and O–H groups in total. The van der Waals surface area contributed by atoms with Gasteiger partial charge in [0.1, 0.15) is 0 Å². The maximum Gasteiger partial charge on any atom is 0.181 e. The molecule has 2 rings (SSSR count). The average Bonchev–Trinajstić information content (AvgIpc) is 2.41. The Kier molecular flexibility index (Phi) is 1.44. The van der Waals surface area contributed by atoms with Gasteiger partial charge in [0.25, 0.3) is 0 Å². The third-order valence-electron chi connectivity index (χ3n) is 2.04. The van der Waals surface area contributed by atoms with Crippen LogP contribution in [0.2, 0.25) is 0 Å². The SMILES string of the molecule is OC(O)c1cnn2c1CCC2. The first-order valence-corrected chi connectivity index (χ1v) is 3.70. The maximum atomic E-state index is 8.88. The summed E-state index contributed by atoms with van der Waals surface area (Å²) in [6.07, 6.45) is 2.13. The molecule has 0 unspecified atom stereocenters. The van der Waals surface area contributed by atoms with Gasteiger partial charge in [0.15, 0.2) is 6.29 Å². The lowest BCUT2D eigenvalue weighted by Gasteiger charge is -2.00. The molecule has 0 saturated carbocycles. The van der Waals surface area contributed by atoms with Crippen LogP contribution in [0.4, 0.5) is 0 Å². The Labute approximate surface area is 64.1 Å². The first-order chi connectivity index (χ1) is 5.29. The zero-order chi connectivity index (χ0) is 7.84. The highest BCUT2D eigenvalue weighted by Crippen LogP contribution is 2.21. The summed E-state index contributed by atoms with van der Waals surface area (Å²) < 4.78 is 1.83. The largest absolute Gasteiger partial charge is 0.364 e. The second kappa shape index (κ2) is 2.32. The fraction of sp³-hybridized carbons (Fsp3) is 0.571. The van der Waals surface area contributed by atoms with E-state index < -0.39 is 6.29 Å². The second-order valence-electron chi connectivity index (χ2n) is 2.75. The summed E-state index contributed by atoms with van der Waals surface area (Å²) in [6, 6.07) is 0. The number of hydrogen-bond acceptors (Lipinski definition) is 3. The van der Waals surface area contributed by atoms with Crippen LogP contribution in [0.5, 0.6) is 0 Å². The molecule has 0 saturated heterocycles. The molecule has 0 bridgehead atoms. The smallest absolute Gasteiger partial charge is 0.181 e. The van der Waals surface area contributed by atoms with Crippen molar-refractivity contribution in [3.8, 4) is 0 Å². The van der Waals surface area contributed by atoms with Crippen LogP contribution in [0.3, 0.4) is 0 Å². The summed E-state index contributed by atoms with van der Waals surface area (Å²) in [5.41, 5.74) is 1.53. The van der Waals surface area contributed by atoms with Gasteiger partial charge in [0.05, 0.1) is 6.20 Å². The van der Waals surface area contributed by atoms with Crippen molar-refractivity contribution in [1.82, 2.24) is 9.78 Å². The number of nitrogens with zero attached hydrogens (tertiary/aromatic N) is 2. The Balaban J connectivity index is 2.42. The molecule has 11 heavy (non-hydrogen) atoms. The van der Waals surface area contributed by atoms with Crippen LogP contribution < -0.4 is 0 Å². The van der Waals surface area contributed by atoms with Crippen LogP contribution in [0.25, 0.3) is 0 Å². The molecule has 4 nitrogen and oxygen atoms in total. The molecule has 60 valence electrons. The fourth-order valence-electron chi connectivity index (χ4n) is 1.50. The summed E-state index contributed by atoms with van der Waals surface area (Å²) in [5.74, 6) is 0. The van der Waals surface area contributed by atoms with Crippen molar-refractivity contribution in [2.45, 2.75) is 25.7 Å². The van der Waals surface area contributed by atoms with Crippen LogP contribution in [0.1, 0.15) is 24.0 Å². The molecule has 1 aliphatic rings. The molecule has 0 aromatic carbocycles. The number of aromatic nitrogens is 2. The molecule has 2 heterocycles. The van der Waals surface area contributed by atoms with Gasteiger partial charge in [0, 0.05) is 17.8 Å². The van der Waals surface area contributed by atoms with Crippen LogP contribution in [0, 0.1) is 0 Å². The topological polar surface area (TPSA) is 58.3 Å². The highest BCUT2D eigenvalue weighted by Gasteiger charge is 2.19. The standard InChI is InChI=1S/C7H10N2O2/c10-7(11)5-4-8-9-3-1-2-6(5)9/h4,7,10-11H,1-3H2. The van der Waals surface area contributed by atoms with E-state index >= 15 is 0 Å². The lowest BCUT2D eigenvalue weighted by Crippen LogP contribution is -1.98. The fourth-order valence-corrected chi connectivity index (χ4v) is 1.50. The van der Waals surface area contributed by atoms with E-state index in [2.05, 4.69) is 5.10 Å². The Hall–Kier alpha value is -0.870. The second-order valence-corrected chi connectivity index (χ2v) is 2.75. The van der Waals surface area contributed by atoms with Gasteiger partial charge in [-0.2, -0.15) is 5.10 Å². The maximum absolute atomic E-state index is 8.88. The van der Waals surface area contributed by atoms with Gasteiger partial charge in [-0.1, -0.05) is 0 Å². The van der Waals surface area contributed by atoms with E-state index in [1.165, 1.54) is 6.20 Å². The van der Waals surface area contributed by atoms with Gasteiger partial charge in [-0.15, -0.1) is 0 Å². The lowest BCUT2D eigenvalue weighted by molar-refractivity contribution is -0.0430. The monoisotopic (exact) mass is 154 g/mol. The normalized spacial score (nSPS) is 15.9. The number of rotatable bonds is 1. The van der Waals surface area contributed by atoms with E-state index in [1.54, 1.807) is 0 Å². The van der Waals surface area contributed by atoms with Gasteiger partial charge in [-0.25, -0.2) is 0 Å². The molecule has 1 aromatic heterocycles. The summed E-state index contributed by atoms with van der Waals surface area (Å²) in [7, 11) is 0. The molecule has 0 fully saturated rings. The van der Waals surface area contributed by atoms with Gasteiger partial charge in [-0.05, 0) is 12.8 Å². The summed E-state index contributed by atoms with van der Waals surface area (Å²) in [6.45, 7) is 0.905. The molecule has 4 heteroatoms. The third-order valence-corrected chi connectivity index (χ3v) is 2.04. The lowest BCUT2D eigenvalue weighted by atomic mass is 10.2. The molecular weight excluding hydrogens is 144 g/mol. The minimum absolute atomic E-state index is 0.558. The predicted octanol–water partition coefficient (Wildman–Crippen LogP) is -0.188. The van der Waals surface area contributed by atoms with E-state index in [9.17, 15) is 0 Å². The van der Waals surface area contributed by atoms with E-state index in [0.29, 0.717) is 5.56 Å². The summed E-state index contributed by atoms with van der Waals surface area (Å²) >= 11 is 0. The first kappa shape index (κ1) is 6.82. The molecule has 0 aliphatic carbocycles. The Morgan fingerprint density at radius 3 is 3.09 bits per heavy atom. The van der Waals surface area contributed by atoms with Gasteiger partial charge < -0.3 is 10.2 Å². The number of aliphatic hydroxyl groups excluding tert-OH is 1. The quantitative estimate of drug-likeness (QED) is 0.551. The zero-order valence-electron chi connectivity index (χ0n) is 6.06. The summed E-state index contributed by atoms with van der Waals surface area (Å²) in [4.78, 5) is 0. The predicted molar refractivity (Wildman–Crippen MR) is 37.7 cm³/mol. The van der Waals surface area contributed by atoms with Crippen LogP contribution >= 0.6 is 0 Å². The highest BCUT2D eigenvalue weighted by atomic mass is 16.5. The molecule has 0 amide bonds. The van der Waals surface area contributed by atoms with E-state index in [0.717, 1.165) is 25.1 Å². The van der Waals surface area contributed by atoms with Crippen LogP contribution in [-0.2, 0) is 13.0 Å². The molecule has 0 atom stereocenters. The van der Waals surface area contributed by atoms with Crippen molar-refractivity contribution in [3.63, 3.8) is 0 Å². The Bertz CT molecular complexity index is 267. The average molecular weight is 154 g/mol. The molecule has 0 spiro atoms. The minimum Gasteiger partial charge on any atom is -0.364 e. The van der Waals surface area contributed by atoms with E-state index in [-0.39, 0.29) is 0 Å². The van der Waals surface area contributed by atoms with Gasteiger partial charge in [0.2, 0.25) is 0 Å². The Morgan fingerprint density at radius 1 is 1.55 bits per heavy atom. The van der Waals surface area contributed by atoms with Crippen molar-refractivity contribution in [2.75, 3.05) is 0 Å². The molecule has 1 aromatic rings. The molecule has 0 radical (unpaired) electrons. The van der Waals surface area contributed by atoms with Crippen LogP contribution in [-0.4, -0.2) is 20.0 Å². The van der Waals surface area contributed by atoms with Crippen LogP contribution in [0.15, 0.2) is 6.20 Å². The van der Waals surface area contributed by atoms with E-state index in [1.807, 2.05) is 4.68 Å². The Morgan fingerprint density at radius 2 is 2.36 bits per heavy atom. The minimum atomic E-state index is -1.36. The van der Waals surface area contributed by atoms with Gasteiger partial charge >= 0.3 is 0 Å². The van der Waals surface area contributed by atoms with Crippen molar-refractivity contribution in [2.24, 2.45) is 0 Å². The molecular formula is C7H10N2O2. The first-order valence-electron chi connectivity index (χ1n) is 3.70.